The average Bonchev–Trinajstić information content (AvgIpc) is 3.13. The van der Waals surface area contributed by atoms with Gasteiger partial charge in [0.15, 0.2) is 23.0 Å². The van der Waals surface area contributed by atoms with Crippen LogP contribution in [0.3, 0.4) is 0 Å². The van der Waals surface area contributed by atoms with Gasteiger partial charge in [-0.05, 0) is 19.8 Å². The SMILES string of the molecule is COc1ccnc(C(=O)C[C@@H](C)C(=O)O[C@@H](C)COC2CCCC2)c1O. The van der Waals surface area contributed by atoms with Crippen LogP contribution in [0.1, 0.15) is 56.4 Å². The van der Waals surface area contributed by atoms with Gasteiger partial charge in [-0.1, -0.05) is 19.8 Å². The average molecular weight is 365 g/mol. The van der Waals surface area contributed by atoms with E-state index in [1.54, 1.807) is 13.8 Å². The number of ketones is 1. The number of carbonyl (C=O) groups is 2. The molecule has 1 aliphatic carbocycles. The van der Waals surface area contributed by atoms with Crippen molar-refractivity contribution >= 4 is 11.8 Å². The molecule has 1 aromatic rings. The first-order valence-corrected chi connectivity index (χ1v) is 8.99. The van der Waals surface area contributed by atoms with Crippen molar-refractivity contribution in [1.29, 1.82) is 0 Å². The summed E-state index contributed by atoms with van der Waals surface area (Å²) in [4.78, 5) is 28.4. The number of hydrogen-bond donors (Lipinski definition) is 1. The summed E-state index contributed by atoms with van der Waals surface area (Å²) in [5.74, 6) is -1.72. The summed E-state index contributed by atoms with van der Waals surface area (Å²) < 4.78 is 16.1. The molecular weight excluding hydrogens is 338 g/mol. The molecule has 26 heavy (non-hydrogen) atoms. The molecular formula is C19H27NO6. The van der Waals surface area contributed by atoms with E-state index in [-0.39, 0.29) is 35.8 Å². The van der Waals surface area contributed by atoms with Crippen LogP contribution in [0.5, 0.6) is 11.5 Å². The molecule has 1 saturated carbocycles. The number of carbonyl (C=O) groups excluding carboxylic acids is 2. The van der Waals surface area contributed by atoms with Gasteiger partial charge in [-0.3, -0.25) is 9.59 Å². The first kappa shape index (κ1) is 20.2. The van der Waals surface area contributed by atoms with Crippen LogP contribution in [-0.2, 0) is 14.3 Å². The molecule has 0 aromatic carbocycles. The second-order valence-electron chi connectivity index (χ2n) is 6.73. The number of hydrogen-bond acceptors (Lipinski definition) is 7. The molecule has 144 valence electrons. The van der Waals surface area contributed by atoms with Gasteiger partial charge < -0.3 is 19.3 Å². The van der Waals surface area contributed by atoms with E-state index >= 15 is 0 Å². The second kappa shape index (κ2) is 9.52. The number of methoxy groups -OCH3 is 1. The fourth-order valence-electron chi connectivity index (χ4n) is 2.94. The lowest BCUT2D eigenvalue weighted by molar-refractivity contribution is -0.156. The van der Waals surface area contributed by atoms with Gasteiger partial charge in [-0.2, -0.15) is 0 Å². The van der Waals surface area contributed by atoms with Gasteiger partial charge in [0.1, 0.15) is 6.10 Å². The van der Waals surface area contributed by atoms with Crippen LogP contribution >= 0.6 is 0 Å². The Labute approximate surface area is 153 Å². The summed E-state index contributed by atoms with van der Waals surface area (Å²) in [5.41, 5.74) is -0.110. The third kappa shape index (κ3) is 5.42. The van der Waals surface area contributed by atoms with E-state index in [4.69, 9.17) is 14.2 Å². The molecule has 1 N–H and O–H groups in total. The quantitative estimate of drug-likeness (QED) is 0.531. The normalized spacial score (nSPS) is 16.9. The highest BCUT2D eigenvalue weighted by Crippen LogP contribution is 2.29. The highest BCUT2D eigenvalue weighted by molar-refractivity contribution is 5.99. The van der Waals surface area contributed by atoms with Crippen LogP contribution in [0.25, 0.3) is 0 Å². The minimum Gasteiger partial charge on any atom is -0.503 e. The molecule has 0 amide bonds. The largest absolute Gasteiger partial charge is 0.503 e. The van der Waals surface area contributed by atoms with Crippen molar-refractivity contribution in [3.05, 3.63) is 18.0 Å². The van der Waals surface area contributed by atoms with Gasteiger partial charge in [-0.25, -0.2) is 4.98 Å². The van der Waals surface area contributed by atoms with Crippen molar-refractivity contribution in [3.8, 4) is 11.5 Å². The standard InChI is InChI=1S/C19H27NO6/c1-12(10-15(21)17-18(22)16(24-3)8-9-20-17)19(23)26-13(2)11-25-14-6-4-5-7-14/h8-9,12-14,22H,4-7,10-11H2,1-3H3/t12-,13+/m1/s1. The van der Waals surface area contributed by atoms with Gasteiger partial charge in [0.05, 0.1) is 25.7 Å². The van der Waals surface area contributed by atoms with Crippen molar-refractivity contribution < 1.29 is 28.9 Å². The lowest BCUT2D eigenvalue weighted by Crippen LogP contribution is -2.27. The van der Waals surface area contributed by atoms with Crippen LogP contribution in [0.2, 0.25) is 0 Å². The highest BCUT2D eigenvalue weighted by atomic mass is 16.6. The maximum absolute atomic E-state index is 12.3. The number of esters is 1. The molecule has 1 heterocycles. The monoisotopic (exact) mass is 365 g/mol. The first-order valence-electron chi connectivity index (χ1n) is 8.99. The van der Waals surface area contributed by atoms with Gasteiger partial charge >= 0.3 is 5.97 Å². The van der Waals surface area contributed by atoms with Gasteiger partial charge in [0.2, 0.25) is 0 Å². The number of Topliss-reactive ketones (excluding diaryl/α,β-unsaturated/α-hetero) is 1. The Kier molecular flexibility index (Phi) is 7.38. The van der Waals surface area contributed by atoms with E-state index in [1.807, 2.05) is 0 Å². The highest BCUT2D eigenvalue weighted by Gasteiger charge is 2.25. The fraction of sp³-hybridized carbons (Fsp3) is 0.632. The van der Waals surface area contributed by atoms with Crippen LogP contribution in [0.15, 0.2) is 12.3 Å². The lowest BCUT2D eigenvalue weighted by atomic mass is 10.0. The van der Waals surface area contributed by atoms with E-state index in [0.717, 1.165) is 12.8 Å². The molecule has 1 aromatic heterocycles. The van der Waals surface area contributed by atoms with Crippen LogP contribution in [0, 0.1) is 5.92 Å². The zero-order chi connectivity index (χ0) is 19.1. The molecule has 0 aliphatic heterocycles. The molecule has 7 heteroatoms. The van der Waals surface area contributed by atoms with Gasteiger partial charge in [0, 0.05) is 18.7 Å². The summed E-state index contributed by atoms with van der Waals surface area (Å²) in [6.45, 7) is 3.74. The van der Waals surface area contributed by atoms with Crippen molar-refractivity contribution in [2.24, 2.45) is 5.92 Å². The molecule has 0 unspecified atom stereocenters. The number of aromatic hydroxyl groups is 1. The van der Waals surface area contributed by atoms with E-state index in [1.165, 1.54) is 32.2 Å². The Bertz CT molecular complexity index is 626. The number of aromatic nitrogens is 1. The Morgan fingerprint density at radius 3 is 2.65 bits per heavy atom. The number of ether oxygens (including phenoxy) is 3. The smallest absolute Gasteiger partial charge is 0.309 e. The minimum absolute atomic E-state index is 0.108. The maximum Gasteiger partial charge on any atom is 0.309 e. The summed E-state index contributed by atoms with van der Waals surface area (Å²) in [6.07, 6.45) is 5.64. The fourth-order valence-corrected chi connectivity index (χ4v) is 2.94. The number of nitrogens with zero attached hydrogens (tertiary/aromatic N) is 1. The van der Waals surface area contributed by atoms with Crippen molar-refractivity contribution in [1.82, 2.24) is 4.98 Å². The van der Waals surface area contributed by atoms with Gasteiger partial charge in [-0.15, -0.1) is 0 Å². The molecule has 1 fully saturated rings. The zero-order valence-electron chi connectivity index (χ0n) is 15.6. The third-order valence-electron chi connectivity index (χ3n) is 4.45. The second-order valence-corrected chi connectivity index (χ2v) is 6.73. The zero-order valence-corrected chi connectivity index (χ0v) is 15.6. The predicted molar refractivity (Wildman–Crippen MR) is 94.3 cm³/mol. The minimum atomic E-state index is -0.649. The summed E-state index contributed by atoms with van der Waals surface area (Å²) in [6, 6.07) is 1.45. The molecule has 2 atom stereocenters. The van der Waals surface area contributed by atoms with Gasteiger partial charge in [0.25, 0.3) is 0 Å². The first-order chi connectivity index (χ1) is 12.4. The molecule has 2 rings (SSSR count). The van der Waals surface area contributed by atoms with E-state index in [0.29, 0.717) is 6.61 Å². The molecule has 0 bridgehead atoms. The van der Waals surface area contributed by atoms with Crippen molar-refractivity contribution in [3.63, 3.8) is 0 Å². The lowest BCUT2D eigenvalue weighted by Gasteiger charge is -2.19. The molecule has 7 nitrogen and oxygen atoms in total. The van der Waals surface area contributed by atoms with E-state index < -0.39 is 17.7 Å². The molecule has 1 aliphatic rings. The number of pyridine rings is 1. The molecule has 0 radical (unpaired) electrons. The van der Waals surface area contributed by atoms with Crippen LogP contribution in [-0.4, -0.2) is 47.8 Å². The molecule has 0 saturated heterocycles. The van der Waals surface area contributed by atoms with E-state index in [2.05, 4.69) is 4.98 Å². The van der Waals surface area contributed by atoms with Crippen LogP contribution in [0.4, 0.5) is 0 Å². The van der Waals surface area contributed by atoms with E-state index in [9.17, 15) is 14.7 Å². The number of rotatable bonds is 9. The predicted octanol–water partition coefficient (Wildman–Crippen LogP) is 2.90. The van der Waals surface area contributed by atoms with Crippen LogP contribution < -0.4 is 4.74 Å². The van der Waals surface area contributed by atoms with Crippen molar-refractivity contribution in [2.45, 2.75) is 58.2 Å². The Morgan fingerprint density at radius 2 is 2.00 bits per heavy atom. The summed E-state index contributed by atoms with van der Waals surface area (Å²) in [5, 5.41) is 9.99. The summed E-state index contributed by atoms with van der Waals surface area (Å²) in [7, 11) is 1.39. The Morgan fingerprint density at radius 1 is 1.31 bits per heavy atom. The Hall–Kier alpha value is -2.15. The molecule has 0 spiro atoms. The topological polar surface area (TPSA) is 95.0 Å². The summed E-state index contributed by atoms with van der Waals surface area (Å²) >= 11 is 0. The van der Waals surface area contributed by atoms with Crippen molar-refractivity contribution in [2.75, 3.05) is 13.7 Å². The Balaban J connectivity index is 1.83. The maximum atomic E-state index is 12.3. The third-order valence-corrected chi connectivity index (χ3v) is 4.45.